The van der Waals surface area contributed by atoms with Crippen LogP contribution in [0.3, 0.4) is 0 Å². The molecule has 0 fully saturated rings. The largest absolute Gasteiger partial charge is 1.00 e. The number of aliphatic carboxylic acids is 2. The van der Waals surface area contributed by atoms with Crippen LogP contribution < -0.4 is 45.9 Å². The average molecular weight is 411 g/mol. The van der Waals surface area contributed by atoms with Gasteiger partial charge in [-0.3, -0.25) is 19.2 Å². The second kappa shape index (κ2) is 16.7. The summed E-state index contributed by atoms with van der Waals surface area (Å²) in [4.78, 5) is 43.7. The zero-order valence-corrected chi connectivity index (χ0v) is 16.9. The number of nitrogens with two attached hydrogens (primary N) is 1. The number of carboxylic acids is 2. The Morgan fingerprint density at radius 1 is 1.24 bits per heavy atom. The third-order valence-corrected chi connectivity index (χ3v) is 2.61. The molecule has 12 nitrogen and oxygen atoms in total. The van der Waals surface area contributed by atoms with Crippen LogP contribution in [0.4, 0.5) is 0 Å². The summed E-state index contributed by atoms with van der Waals surface area (Å²) in [5.41, 5.74) is 5.23. The number of hydrogen-bond acceptors (Lipinski definition) is 8. The Morgan fingerprint density at radius 3 is 2.08 bits per heavy atom. The fourth-order valence-corrected chi connectivity index (χ4v) is 1.41. The summed E-state index contributed by atoms with van der Waals surface area (Å²) >= 11 is 1.01. The molecule has 0 saturated carbocycles. The van der Waals surface area contributed by atoms with Crippen molar-refractivity contribution in [1.82, 2.24) is 10.6 Å². The molecular formula is C10H18N3NaO9S2. The summed E-state index contributed by atoms with van der Waals surface area (Å²) in [5.74, 6) is -3.70. The van der Waals surface area contributed by atoms with Crippen molar-refractivity contribution >= 4 is 47.7 Å². The Kier molecular flexibility index (Phi) is 19.4. The Labute approximate surface area is 173 Å². The predicted octanol–water partition coefficient (Wildman–Crippen LogP) is -5.86. The van der Waals surface area contributed by atoms with Gasteiger partial charge >= 0.3 is 41.5 Å². The van der Waals surface area contributed by atoms with Gasteiger partial charge in [0.1, 0.15) is 18.6 Å². The van der Waals surface area contributed by atoms with Gasteiger partial charge in [-0.1, -0.05) is 0 Å². The molecule has 3 atom stereocenters. The van der Waals surface area contributed by atoms with Gasteiger partial charge in [-0.15, -0.1) is 0 Å². The van der Waals surface area contributed by atoms with Crippen LogP contribution in [0.5, 0.6) is 0 Å². The van der Waals surface area contributed by atoms with E-state index in [4.69, 9.17) is 29.3 Å². The molecule has 0 saturated heterocycles. The Balaban J connectivity index is -0.000000867. The van der Waals surface area contributed by atoms with Crippen molar-refractivity contribution in [2.24, 2.45) is 5.73 Å². The van der Waals surface area contributed by atoms with E-state index in [1.807, 2.05) is 0 Å². The third-order valence-electron chi connectivity index (χ3n) is 2.25. The van der Waals surface area contributed by atoms with Gasteiger partial charge in [0.05, 0.1) is 11.4 Å². The first-order chi connectivity index (χ1) is 11.0. The Morgan fingerprint density at radius 2 is 1.72 bits per heavy atom. The molecule has 7 N–H and O–H groups in total. The summed E-state index contributed by atoms with van der Waals surface area (Å²) in [5, 5.41) is 21.4. The molecule has 0 aromatic carbocycles. The molecule has 0 aromatic heterocycles. The maximum absolute atomic E-state index is 11.5. The first kappa shape index (κ1) is 29.0. The molecule has 0 aromatic rings. The van der Waals surface area contributed by atoms with Gasteiger partial charge < -0.3 is 35.7 Å². The molecule has 0 radical (unpaired) electrons. The van der Waals surface area contributed by atoms with Crippen LogP contribution in [0.15, 0.2) is 0 Å². The molecule has 0 heterocycles. The van der Waals surface area contributed by atoms with Crippen LogP contribution in [0.1, 0.15) is 12.8 Å². The molecule has 140 valence electrons. The summed E-state index contributed by atoms with van der Waals surface area (Å²) in [7, 11) is 0. The van der Waals surface area contributed by atoms with E-state index in [0.717, 1.165) is 0 Å². The molecule has 3 unspecified atom stereocenters. The van der Waals surface area contributed by atoms with Crippen molar-refractivity contribution in [2.75, 3.05) is 12.3 Å². The van der Waals surface area contributed by atoms with Gasteiger partial charge in [0.25, 0.3) is 0 Å². The fourth-order valence-electron chi connectivity index (χ4n) is 1.16. The number of carbonyl (C=O) groups is 4. The quantitative estimate of drug-likeness (QED) is 0.108. The summed E-state index contributed by atoms with van der Waals surface area (Å²) < 4.78 is 24.1. The summed E-state index contributed by atoms with van der Waals surface area (Å²) in [6.07, 6.45) is -0.235. The first-order valence-electron chi connectivity index (χ1n) is 6.17. The third kappa shape index (κ3) is 19.4. The molecule has 15 heteroatoms. The number of hydrogen-bond donors (Lipinski definition) is 7. The zero-order chi connectivity index (χ0) is 19.3. The SMILES string of the molecule is NC(CCC(=O)NC(CS)C(=O)NCC(=O)O)C(=O)O.O=S([O-])O.[Na+]. The van der Waals surface area contributed by atoms with E-state index >= 15 is 0 Å². The number of nitrogens with one attached hydrogen (secondary N) is 2. The van der Waals surface area contributed by atoms with Crippen molar-refractivity contribution in [3.63, 3.8) is 0 Å². The number of rotatable bonds is 9. The monoisotopic (exact) mass is 411 g/mol. The van der Waals surface area contributed by atoms with Crippen molar-refractivity contribution in [1.29, 1.82) is 0 Å². The van der Waals surface area contributed by atoms with Crippen LogP contribution in [-0.4, -0.2) is 71.7 Å². The Hall–Kier alpha value is -0.740. The predicted molar refractivity (Wildman–Crippen MR) is 82.8 cm³/mol. The van der Waals surface area contributed by atoms with Gasteiger partial charge in [-0.2, -0.15) is 12.6 Å². The van der Waals surface area contributed by atoms with Gasteiger partial charge in [-0.05, 0) is 6.42 Å². The van der Waals surface area contributed by atoms with Gasteiger partial charge in [0, 0.05) is 12.2 Å². The second-order valence-electron chi connectivity index (χ2n) is 4.11. The van der Waals surface area contributed by atoms with Crippen molar-refractivity contribution in [3.8, 4) is 0 Å². The second-order valence-corrected chi connectivity index (χ2v) is 4.91. The summed E-state index contributed by atoms with van der Waals surface area (Å²) in [6, 6.07) is -2.15. The number of carbonyl (C=O) groups excluding carboxylic acids is 2. The van der Waals surface area contributed by atoms with Crippen LogP contribution >= 0.6 is 12.6 Å². The molecule has 2 amide bonds. The number of thiol groups is 1. The van der Waals surface area contributed by atoms with Crippen molar-refractivity contribution in [3.05, 3.63) is 0 Å². The van der Waals surface area contributed by atoms with E-state index in [1.54, 1.807) is 0 Å². The van der Waals surface area contributed by atoms with E-state index in [2.05, 4.69) is 23.3 Å². The molecule has 0 bridgehead atoms. The fraction of sp³-hybridized carbons (Fsp3) is 0.600. The van der Waals surface area contributed by atoms with E-state index in [1.165, 1.54) is 0 Å². The minimum atomic E-state index is -2.86. The molecule has 0 rings (SSSR count). The maximum Gasteiger partial charge on any atom is 1.00 e. The van der Waals surface area contributed by atoms with Crippen LogP contribution in [0.2, 0.25) is 0 Å². The molecule has 0 aliphatic carbocycles. The van der Waals surface area contributed by atoms with E-state index in [0.29, 0.717) is 0 Å². The van der Waals surface area contributed by atoms with E-state index < -0.39 is 53.7 Å². The van der Waals surface area contributed by atoms with E-state index in [9.17, 15) is 19.2 Å². The summed E-state index contributed by atoms with van der Waals surface area (Å²) in [6.45, 7) is -0.567. The smallest absolute Gasteiger partial charge is 0.750 e. The molecule has 0 aliphatic heterocycles. The van der Waals surface area contributed by atoms with Gasteiger partial charge in [0.15, 0.2) is 0 Å². The topological polar surface area (TPSA) is 219 Å². The standard InChI is InChI=1S/C10H17N3O6S.Na.H2O3S/c11-5(10(18)19)1-2-7(14)13-6(4-20)9(17)12-3-8(15)16;;1-4(2)3/h5-6,20H,1-4,11H2,(H,12,17)(H,13,14)(H,15,16)(H,18,19);;(H2,1,2,3)/q;+1;/p-1. The minimum absolute atomic E-state index is 0. The minimum Gasteiger partial charge on any atom is -0.750 e. The normalized spacial score (nSPS) is 13.0. The molecule has 25 heavy (non-hydrogen) atoms. The molecular weight excluding hydrogens is 393 g/mol. The first-order valence-corrected chi connectivity index (χ1v) is 7.84. The van der Waals surface area contributed by atoms with Gasteiger partial charge in [-0.25, -0.2) is 4.21 Å². The van der Waals surface area contributed by atoms with Crippen LogP contribution in [0, 0.1) is 0 Å². The van der Waals surface area contributed by atoms with Crippen LogP contribution in [0.25, 0.3) is 0 Å². The van der Waals surface area contributed by atoms with Crippen LogP contribution in [-0.2, 0) is 30.5 Å². The van der Waals surface area contributed by atoms with Crippen molar-refractivity contribution < 1.29 is 72.3 Å². The maximum atomic E-state index is 11.5. The van der Waals surface area contributed by atoms with E-state index in [-0.39, 0.29) is 48.2 Å². The Bertz CT molecular complexity index is 477. The van der Waals surface area contributed by atoms with Gasteiger partial charge in [0.2, 0.25) is 11.8 Å². The number of carboxylic acid groups (broad SMARTS) is 2. The molecule has 0 spiro atoms. The van der Waals surface area contributed by atoms with Crippen molar-refractivity contribution in [2.45, 2.75) is 24.9 Å². The molecule has 0 aliphatic rings. The zero-order valence-electron chi connectivity index (χ0n) is 13.2. The average Bonchev–Trinajstić information content (AvgIpc) is 2.46. The number of amides is 2.